The van der Waals surface area contributed by atoms with Crippen molar-refractivity contribution in [2.24, 2.45) is 0 Å². The minimum Gasteiger partial charge on any atom is -0.481 e. The number of hydrogen-bond donors (Lipinski definition) is 2. The van der Waals surface area contributed by atoms with Crippen LogP contribution in [0.25, 0.3) is 10.8 Å². The van der Waals surface area contributed by atoms with Gasteiger partial charge < -0.3 is 14.9 Å². The van der Waals surface area contributed by atoms with Crippen LogP contribution in [-0.2, 0) is 31.1 Å². The average molecular weight is 441 g/mol. The van der Waals surface area contributed by atoms with Crippen LogP contribution in [0.15, 0.2) is 59.5 Å². The normalized spacial score (nSPS) is 16.8. The Kier molecular flexibility index (Phi) is 6.48. The van der Waals surface area contributed by atoms with E-state index in [9.17, 15) is 19.2 Å². The van der Waals surface area contributed by atoms with E-state index < -0.39 is 23.1 Å². The molecule has 31 heavy (non-hydrogen) atoms. The molecule has 2 atom stereocenters. The molecule has 4 rings (SSSR count). The van der Waals surface area contributed by atoms with Crippen molar-refractivity contribution in [2.45, 2.75) is 24.3 Å². The van der Waals surface area contributed by atoms with Crippen molar-refractivity contribution in [3.63, 3.8) is 0 Å². The second kappa shape index (κ2) is 9.28. The van der Waals surface area contributed by atoms with Gasteiger partial charge in [0.25, 0.3) is 0 Å². The number of aryl methyl sites for hydroxylation is 1. The van der Waals surface area contributed by atoms with Gasteiger partial charge in [-0.2, -0.15) is 0 Å². The van der Waals surface area contributed by atoms with E-state index in [1.54, 1.807) is 30.3 Å². The van der Waals surface area contributed by atoms with Crippen LogP contribution < -0.4 is 0 Å². The third-order valence-corrected chi connectivity index (χ3v) is 7.18. The first kappa shape index (κ1) is 21.6. The second-order valence-corrected chi connectivity index (χ2v) is 9.44. The van der Waals surface area contributed by atoms with Gasteiger partial charge in [0.15, 0.2) is 15.9 Å². The Hall–Kier alpha value is -2.58. The molecule has 1 saturated heterocycles. The van der Waals surface area contributed by atoms with E-state index in [0.29, 0.717) is 47.9 Å². The monoisotopic (exact) mass is 440 g/mol. The Bertz CT molecular complexity index is 1120. The lowest BCUT2D eigenvalue weighted by Crippen LogP contribution is -2.37. The van der Waals surface area contributed by atoms with Gasteiger partial charge in [0.1, 0.15) is 6.10 Å². The van der Waals surface area contributed by atoms with E-state index in [-0.39, 0.29) is 6.42 Å². The number of carbonyl (C=O) groups is 1. The summed E-state index contributed by atoms with van der Waals surface area (Å²) in [5.41, 5.74) is 3.04. The van der Waals surface area contributed by atoms with Crippen LogP contribution in [-0.4, -0.2) is 46.8 Å². The molecule has 0 amide bonds. The zero-order valence-corrected chi connectivity index (χ0v) is 18.2. The summed E-state index contributed by atoms with van der Waals surface area (Å²) in [4.78, 5) is 12.0. The number of rotatable bonds is 6. The van der Waals surface area contributed by atoms with Gasteiger partial charge in [0, 0.05) is 0 Å². The van der Waals surface area contributed by atoms with Gasteiger partial charge in [0.05, 0.1) is 32.7 Å². The Morgan fingerprint density at radius 3 is 2.48 bits per heavy atom. The number of hydrogen-bond acceptors (Lipinski definition) is 4. The van der Waals surface area contributed by atoms with Gasteiger partial charge in [-0.3, -0.25) is 4.79 Å². The van der Waals surface area contributed by atoms with Crippen molar-refractivity contribution in [1.82, 2.24) is 4.31 Å². The van der Waals surface area contributed by atoms with Crippen LogP contribution in [0.1, 0.15) is 28.4 Å². The molecule has 3 aromatic carbocycles. The Balaban J connectivity index is 1.66. The number of carboxylic acids is 1. The highest BCUT2D eigenvalue weighted by Gasteiger charge is 2.24. The Labute approximate surface area is 183 Å². The molecule has 0 bridgehead atoms. The lowest BCUT2D eigenvalue weighted by molar-refractivity contribution is -0.136. The molecule has 1 aliphatic heterocycles. The minimum absolute atomic E-state index is 0.109. The number of thiol groups is 1. The van der Waals surface area contributed by atoms with Crippen LogP contribution in [0.5, 0.6) is 0 Å². The predicted molar refractivity (Wildman–Crippen MR) is 121 cm³/mol. The summed E-state index contributed by atoms with van der Waals surface area (Å²) in [6.07, 6.45) is -1.03. The summed E-state index contributed by atoms with van der Waals surface area (Å²) in [6.45, 7) is 4.43. The SMILES string of the molecule is Cc1ccc2cc(CC(=O)O)cc(C(O)c3ccc([SH+](=O)N4CCOCC4)cc3)c2c1. The lowest BCUT2D eigenvalue weighted by atomic mass is 9.92. The average Bonchev–Trinajstić information content (AvgIpc) is 2.78. The van der Waals surface area contributed by atoms with Gasteiger partial charge in [-0.25, -0.2) is 0 Å². The molecule has 3 aromatic rings. The number of aliphatic carboxylic acids is 1. The van der Waals surface area contributed by atoms with Crippen LogP contribution in [0.3, 0.4) is 0 Å². The summed E-state index contributed by atoms with van der Waals surface area (Å²) in [5, 5.41) is 22.2. The molecule has 6 nitrogen and oxygen atoms in total. The van der Waals surface area contributed by atoms with Crippen LogP contribution in [0.4, 0.5) is 0 Å². The highest BCUT2D eigenvalue weighted by atomic mass is 32.2. The topological polar surface area (TPSA) is 87.1 Å². The Morgan fingerprint density at radius 2 is 1.81 bits per heavy atom. The highest BCUT2D eigenvalue weighted by Crippen LogP contribution is 2.32. The Morgan fingerprint density at radius 1 is 1.10 bits per heavy atom. The van der Waals surface area contributed by atoms with Crippen molar-refractivity contribution in [3.8, 4) is 0 Å². The molecule has 0 aromatic heterocycles. The summed E-state index contributed by atoms with van der Waals surface area (Å²) < 4.78 is 20.0. The molecular formula is C24H26NO5S+. The predicted octanol–water partition coefficient (Wildman–Crippen LogP) is 3.16. The van der Waals surface area contributed by atoms with Gasteiger partial charge in [-0.15, -0.1) is 4.31 Å². The number of carboxylic acid groups (broad SMARTS) is 1. The maximum Gasteiger partial charge on any atom is 0.307 e. The lowest BCUT2D eigenvalue weighted by Gasteiger charge is -2.20. The molecule has 0 radical (unpaired) electrons. The van der Waals surface area contributed by atoms with E-state index in [0.717, 1.165) is 16.3 Å². The van der Waals surface area contributed by atoms with Gasteiger partial charge in [0.2, 0.25) is 0 Å². The highest BCUT2D eigenvalue weighted by molar-refractivity contribution is 7.82. The molecule has 1 aliphatic rings. The molecule has 7 heteroatoms. The molecular weight excluding hydrogens is 414 g/mol. The van der Waals surface area contributed by atoms with Crippen molar-refractivity contribution in [1.29, 1.82) is 0 Å². The first-order valence-corrected chi connectivity index (χ1v) is 11.5. The third kappa shape index (κ3) is 4.85. The van der Waals surface area contributed by atoms with Gasteiger partial charge in [-0.1, -0.05) is 52.2 Å². The number of aliphatic hydroxyl groups is 1. The third-order valence-electron chi connectivity index (χ3n) is 5.53. The van der Waals surface area contributed by atoms with Gasteiger partial charge in [-0.05, 0) is 46.5 Å². The molecule has 2 unspecified atom stereocenters. The number of ether oxygens (including phenoxy) is 1. The second-order valence-electron chi connectivity index (χ2n) is 7.81. The quantitative estimate of drug-likeness (QED) is 0.454. The summed E-state index contributed by atoms with van der Waals surface area (Å²) in [6, 6.07) is 16.7. The first-order valence-electron chi connectivity index (χ1n) is 10.3. The van der Waals surface area contributed by atoms with E-state index in [1.165, 1.54) is 0 Å². The van der Waals surface area contributed by atoms with E-state index in [4.69, 9.17) is 4.74 Å². The summed E-state index contributed by atoms with van der Waals surface area (Å²) in [5.74, 6) is -0.914. The van der Waals surface area contributed by atoms with Crippen LogP contribution in [0.2, 0.25) is 0 Å². The molecule has 1 fully saturated rings. The number of morpholine rings is 1. The van der Waals surface area contributed by atoms with Crippen molar-refractivity contribution < 1.29 is 24.0 Å². The zero-order valence-electron chi connectivity index (χ0n) is 17.3. The number of aliphatic hydroxyl groups excluding tert-OH is 1. The van der Waals surface area contributed by atoms with E-state index in [1.807, 2.05) is 35.5 Å². The van der Waals surface area contributed by atoms with Gasteiger partial charge >= 0.3 is 5.97 Å². The van der Waals surface area contributed by atoms with Crippen molar-refractivity contribution >= 4 is 27.7 Å². The smallest absolute Gasteiger partial charge is 0.307 e. The summed E-state index contributed by atoms with van der Waals surface area (Å²) >= 11 is 0. The minimum atomic E-state index is -1.67. The number of benzene rings is 3. The fourth-order valence-electron chi connectivity index (χ4n) is 3.93. The maximum atomic E-state index is 12.8. The summed E-state index contributed by atoms with van der Waals surface area (Å²) in [7, 11) is -1.67. The standard InChI is InChI=1S/C24H25NO5S/c1-16-2-3-19-13-17(15-23(26)27)14-22(21(19)12-16)24(28)18-4-6-20(7-5-18)31(29)25-8-10-30-11-9-25/h2-7,12-14,24,28H,8-11,15H2,1H3,(H,26,27)/p+1. The van der Waals surface area contributed by atoms with E-state index in [2.05, 4.69) is 0 Å². The number of nitrogens with zero attached hydrogens (tertiary/aromatic N) is 1. The molecule has 2 N–H and O–H groups in total. The van der Waals surface area contributed by atoms with E-state index >= 15 is 0 Å². The molecule has 0 spiro atoms. The molecule has 0 saturated carbocycles. The van der Waals surface area contributed by atoms with Crippen LogP contribution in [0, 0.1) is 6.92 Å². The zero-order chi connectivity index (χ0) is 22.0. The van der Waals surface area contributed by atoms with Crippen molar-refractivity contribution in [3.05, 3.63) is 76.9 Å². The molecule has 0 aliphatic carbocycles. The largest absolute Gasteiger partial charge is 0.481 e. The van der Waals surface area contributed by atoms with Crippen molar-refractivity contribution in [2.75, 3.05) is 26.3 Å². The number of fused-ring (bicyclic) bond motifs is 1. The maximum absolute atomic E-state index is 12.8. The molecule has 1 heterocycles. The molecule has 162 valence electrons. The van der Waals surface area contributed by atoms with Crippen LogP contribution >= 0.6 is 0 Å². The fourth-order valence-corrected chi connectivity index (χ4v) is 5.19. The fraction of sp³-hybridized carbons (Fsp3) is 0.292. The first-order chi connectivity index (χ1) is 14.9.